The van der Waals surface area contributed by atoms with Crippen LogP contribution in [0, 0.1) is 0 Å². The number of phosphoric acid groups is 1. The molecule has 0 aliphatic carbocycles. The standard InChI is InChI=1S/C20H43O4P.Fe/c1-3-5-7-9-11-13-15-17-19-23-25(21,22)24-20-18-16-14-12-10-8-6-4-2;/h3-20H2,1-2H3,(H,21,22);/q;+2/p-1. The Morgan fingerprint density at radius 2 is 0.846 bits per heavy atom. The van der Waals surface area contributed by atoms with E-state index in [1.165, 1.54) is 64.2 Å². The van der Waals surface area contributed by atoms with E-state index < -0.39 is 7.82 Å². The fourth-order valence-corrected chi connectivity index (χ4v) is 3.64. The van der Waals surface area contributed by atoms with Crippen molar-refractivity contribution in [2.24, 2.45) is 0 Å². The third kappa shape index (κ3) is 22.7. The molecular formula is C20H42FeO4P+. The van der Waals surface area contributed by atoms with Crippen LogP contribution in [0.5, 0.6) is 0 Å². The summed E-state index contributed by atoms with van der Waals surface area (Å²) in [6.07, 6.45) is 18.8. The van der Waals surface area contributed by atoms with Crippen molar-refractivity contribution in [1.29, 1.82) is 0 Å². The van der Waals surface area contributed by atoms with Crippen LogP contribution in [0.15, 0.2) is 0 Å². The van der Waals surface area contributed by atoms with Crippen molar-refractivity contribution < 1.29 is 35.6 Å². The second kappa shape index (κ2) is 21.9. The maximum absolute atomic E-state index is 11.6. The average Bonchev–Trinajstić information content (AvgIpc) is 2.59. The molecule has 0 radical (unpaired) electrons. The molecule has 6 heteroatoms. The molecule has 0 aliphatic rings. The molecule has 0 atom stereocenters. The Morgan fingerprint density at radius 3 is 1.15 bits per heavy atom. The maximum atomic E-state index is 11.6. The molecule has 0 amide bonds. The van der Waals surface area contributed by atoms with E-state index in [1.54, 1.807) is 0 Å². The molecule has 0 aromatic rings. The summed E-state index contributed by atoms with van der Waals surface area (Å²) in [4.78, 5) is 11.6. The fraction of sp³-hybridized carbons (Fsp3) is 1.00. The van der Waals surface area contributed by atoms with Crippen LogP contribution in [-0.2, 0) is 30.7 Å². The molecule has 0 aromatic carbocycles. The quantitative estimate of drug-likeness (QED) is 0.121. The molecule has 158 valence electrons. The van der Waals surface area contributed by atoms with E-state index in [2.05, 4.69) is 13.8 Å². The van der Waals surface area contributed by atoms with Gasteiger partial charge in [-0.05, 0) is 12.8 Å². The SMILES string of the molecule is CCCCCCCCCCOP(=O)([O-])OCCCCCCCCCC.[Fe+2]. The van der Waals surface area contributed by atoms with Gasteiger partial charge in [-0.1, -0.05) is 104 Å². The van der Waals surface area contributed by atoms with E-state index in [-0.39, 0.29) is 30.3 Å². The summed E-state index contributed by atoms with van der Waals surface area (Å²) in [6, 6.07) is 0. The van der Waals surface area contributed by atoms with E-state index in [9.17, 15) is 9.46 Å². The molecule has 26 heavy (non-hydrogen) atoms. The van der Waals surface area contributed by atoms with E-state index >= 15 is 0 Å². The molecule has 0 N–H and O–H groups in total. The molecular weight excluding hydrogens is 391 g/mol. The van der Waals surface area contributed by atoms with Crippen LogP contribution < -0.4 is 4.89 Å². The zero-order valence-electron chi connectivity index (χ0n) is 17.2. The van der Waals surface area contributed by atoms with Crippen molar-refractivity contribution in [3.05, 3.63) is 0 Å². The van der Waals surface area contributed by atoms with Gasteiger partial charge in [0.1, 0.15) is 0 Å². The number of rotatable bonds is 20. The van der Waals surface area contributed by atoms with Gasteiger partial charge in [-0.3, -0.25) is 4.57 Å². The largest absolute Gasteiger partial charge is 2.00 e. The van der Waals surface area contributed by atoms with Gasteiger partial charge in [0, 0.05) is 0 Å². The summed E-state index contributed by atoms with van der Waals surface area (Å²) in [5.41, 5.74) is 0. The molecule has 4 nitrogen and oxygen atoms in total. The monoisotopic (exact) mass is 433 g/mol. The van der Waals surface area contributed by atoms with Crippen molar-refractivity contribution >= 4 is 7.82 Å². The summed E-state index contributed by atoms with van der Waals surface area (Å²) in [6.45, 7) is 4.95. The molecule has 0 saturated carbocycles. The topological polar surface area (TPSA) is 58.6 Å². The summed E-state index contributed by atoms with van der Waals surface area (Å²) < 4.78 is 21.5. The van der Waals surface area contributed by atoms with Gasteiger partial charge in [-0.25, -0.2) is 0 Å². The Balaban J connectivity index is 0. The van der Waals surface area contributed by atoms with Gasteiger partial charge in [0.25, 0.3) is 7.82 Å². The second-order valence-electron chi connectivity index (χ2n) is 7.06. The normalized spacial score (nSPS) is 11.5. The second-order valence-corrected chi connectivity index (χ2v) is 8.47. The van der Waals surface area contributed by atoms with Crippen molar-refractivity contribution in [1.82, 2.24) is 0 Å². The van der Waals surface area contributed by atoms with Gasteiger partial charge in [0.05, 0.1) is 13.2 Å². The zero-order chi connectivity index (χ0) is 18.6. The van der Waals surface area contributed by atoms with Crippen LogP contribution in [0.3, 0.4) is 0 Å². The Hall–Kier alpha value is 0.629. The van der Waals surface area contributed by atoms with Gasteiger partial charge in [-0.2, -0.15) is 0 Å². The molecule has 0 aromatic heterocycles. The van der Waals surface area contributed by atoms with Crippen LogP contribution in [0.25, 0.3) is 0 Å². The maximum Gasteiger partial charge on any atom is 2.00 e. The third-order valence-corrected chi connectivity index (χ3v) is 5.49. The molecule has 0 bridgehead atoms. The third-order valence-electron chi connectivity index (χ3n) is 4.49. The van der Waals surface area contributed by atoms with E-state index in [1.807, 2.05) is 0 Å². The summed E-state index contributed by atoms with van der Waals surface area (Å²) in [7, 11) is -4.08. The average molecular weight is 433 g/mol. The minimum Gasteiger partial charge on any atom is -0.756 e. The molecule has 0 saturated heterocycles. The number of phosphoric ester groups is 1. The van der Waals surface area contributed by atoms with Crippen LogP contribution in [0.2, 0.25) is 0 Å². The first-order valence-corrected chi connectivity index (χ1v) is 12.2. The molecule has 0 rings (SSSR count). The van der Waals surface area contributed by atoms with Crippen molar-refractivity contribution in [3.8, 4) is 0 Å². The number of hydrogen-bond donors (Lipinski definition) is 0. The Kier molecular flexibility index (Phi) is 24.3. The fourth-order valence-electron chi connectivity index (χ4n) is 2.86. The molecule has 0 aliphatic heterocycles. The Morgan fingerprint density at radius 1 is 0.577 bits per heavy atom. The van der Waals surface area contributed by atoms with E-state index in [0.717, 1.165) is 38.5 Å². The zero-order valence-corrected chi connectivity index (χ0v) is 19.2. The minimum atomic E-state index is -4.08. The summed E-state index contributed by atoms with van der Waals surface area (Å²) in [5.74, 6) is 0. The van der Waals surface area contributed by atoms with Crippen molar-refractivity contribution in [2.75, 3.05) is 13.2 Å². The molecule has 0 heterocycles. The van der Waals surface area contributed by atoms with Crippen LogP contribution in [0.4, 0.5) is 0 Å². The number of hydrogen-bond acceptors (Lipinski definition) is 4. The van der Waals surface area contributed by atoms with Gasteiger partial charge < -0.3 is 13.9 Å². The Labute approximate surface area is 173 Å². The smallest absolute Gasteiger partial charge is 0.756 e. The summed E-state index contributed by atoms with van der Waals surface area (Å²) in [5, 5.41) is 0. The first kappa shape index (κ1) is 28.8. The van der Waals surface area contributed by atoms with Crippen LogP contribution in [0.1, 0.15) is 117 Å². The van der Waals surface area contributed by atoms with Gasteiger partial charge in [-0.15, -0.1) is 0 Å². The molecule has 0 fully saturated rings. The molecule has 0 unspecified atom stereocenters. The predicted octanol–water partition coefficient (Wildman–Crippen LogP) is 6.77. The van der Waals surface area contributed by atoms with Crippen molar-refractivity contribution in [3.63, 3.8) is 0 Å². The summed E-state index contributed by atoms with van der Waals surface area (Å²) >= 11 is 0. The number of unbranched alkanes of at least 4 members (excludes halogenated alkanes) is 14. The van der Waals surface area contributed by atoms with Gasteiger partial charge in [0.15, 0.2) is 0 Å². The van der Waals surface area contributed by atoms with Gasteiger partial charge in [0.2, 0.25) is 0 Å². The predicted molar refractivity (Wildman–Crippen MR) is 105 cm³/mol. The molecule has 0 spiro atoms. The van der Waals surface area contributed by atoms with Crippen molar-refractivity contribution in [2.45, 2.75) is 117 Å². The minimum absolute atomic E-state index is 0. The van der Waals surface area contributed by atoms with E-state index in [0.29, 0.717) is 0 Å². The Bertz CT molecular complexity index is 290. The van der Waals surface area contributed by atoms with Crippen LogP contribution >= 0.6 is 7.82 Å². The van der Waals surface area contributed by atoms with Gasteiger partial charge >= 0.3 is 17.1 Å². The first-order valence-electron chi connectivity index (χ1n) is 10.7. The van der Waals surface area contributed by atoms with Crippen LogP contribution in [-0.4, -0.2) is 13.2 Å². The first-order chi connectivity index (χ1) is 12.1. The van der Waals surface area contributed by atoms with E-state index in [4.69, 9.17) is 9.05 Å².